The number of benzene rings is 1. The topological polar surface area (TPSA) is 95.1 Å². The van der Waals surface area contributed by atoms with E-state index in [-0.39, 0.29) is 11.6 Å². The van der Waals surface area contributed by atoms with Crippen LogP contribution in [-0.2, 0) is 4.79 Å². The molecule has 1 fully saturated rings. The summed E-state index contributed by atoms with van der Waals surface area (Å²) in [6, 6.07) is 6.78. The lowest BCUT2D eigenvalue weighted by Gasteiger charge is -2.04. The Bertz CT molecular complexity index is 776. The summed E-state index contributed by atoms with van der Waals surface area (Å²) in [4.78, 5) is 22.7. The lowest BCUT2D eigenvalue weighted by atomic mass is 10.2. The fraction of sp³-hybridized carbons (Fsp3) is 0.188. The average Bonchev–Trinajstić information content (AvgIpc) is 3.29. The van der Waals surface area contributed by atoms with E-state index < -0.39 is 5.97 Å². The van der Waals surface area contributed by atoms with Crippen molar-refractivity contribution in [1.29, 1.82) is 0 Å². The van der Waals surface area contributed by atoms with E-state index in [1.165, 1.54) is 6.08 Å². The first kappa shape index (κ1) is 15.3. The van der Waals surface area contributed by atoms with Crippen molar-refractivity contribution in [3.8, 4) is 0 Å². The van der Waals surface area contributed by atoms with Gasteiger partial charge in [0, 0.05) is 17.7 Å². The Balaban J connectivity index is 1.69. The molecule has 7 heteroatoms. The van der Waals surface area contributed by atoms with E-state index in [1.54, 1.807) is 24.3 Å². The molecule has 1 aromatic carbocycles. The maximum absolute atomic E-state index is 12.2. The summed E-state index contributed by atoms with van der Waals surface area (Å²) in [5, 5.41) is 18.5. The molecule has 1 aliphatic carbocycles. The molecule has 23 heavy (non-hydrogen) atoms. The van der Waals surface area contributed by atoms with Crippen molar-refractivity contribution in [3.05, 3.63) is 52.3 Å². The SMILES string of the molecule is O=C(O)/C=C/c1ccc(NC(=O)c2n[nH]c(C3CC3)c2Cl)cc1. The van der Waals surface area contributed by atoms with Crippen molar-refractivity contribution in [3.63, 3.8) is 0 Å². The van der Waals surface area contributed by atoms with Gasteiger partial charge in [0.1, 0.15) is 0 Å². The van der Waals surface area contributed by atoms with Crippen molar-refractivity contribution in [2.45, 2.75) is 18.8 Å². The maximum Gasteiger partial charge on any atom is 0.328 e. The second kappa shape index (κ2) is 6.26. The van der Waals surface area contributed by atoms with Gasteiger partial charge in [-0.05, 0) is 36.6 Å². The largest absolute Gasteiger partial charge is 0.478 e. The molecular formula is C16H14ClN3O3. The number of aliphatic carboxylic acids is 1. The highest BCUT2D eigenvalue weighted by Crippen LogP contribution is 2.42. The number of aromatic amines is 1. The van der Waals surface area contributed by atoms with Crippen molar-refractivity contribution < 1.29 is 14.7 Å². The van der Waals surface area contributed by atoms with E-state index in [1.807, 2.05) is 0 Å². The van der Waals surface area contributed by atoms with Crippen LogP contribution in [-0.4, -0.2) is 27.2 Å². The van der Waals surface area contributed by atoms with E-state index in [2.05, 4.69) is 15.5 Å². The number of amides is 1. The minimum atomic E-state index is -1.01. The molecule has 0 saturated heterocycles. The Morgan fingerprint density at radius 3 is 2.61 bits per heavy atom. The Labute approximate surface area is 137 Å². The summed E-state index contributed by atoms with van der Waals surface area (Å²) in [6.45, 7) is 0. The van der Waals surface area contributed by atoms with Crippen LogP contribution in [0.25, 0.3) is 6.08 Å². The quantitative estimate of drug-likeness (QED) is 0.732. The zero-order valence-corrected chi connectivity index (χ0v) is 12.8. The highest BCUT2D eigenvalue weighted by atomic mass is 35.5. The summed E-state index contributed by atoms with van der Waals surface area (Å²) in [6.07, 6.45) is 4.65. The molecule has 3 N–H and O–H groups in total. The molecule has 0 unspecified atom stereocenters. The average molecular weight is 332 g/mol. The molecule has 6 nitrogen and oxygen atoms in total. The lowest BCUT2D eigenvalue weighted by molar-refractivity contribution is -0.131. The molecule has 1 saturated carbocycles. The number of carbonyl (C=O) groups is 2. The molecule has 0 bridgehead atoms. The van der Waals surface area contributed by atoms with Crippen LogP contribution in [0.1, 0.15) is 40.5 Å². The summed E-state index contributed by atoms with van der Waals surface area (Å²) in [5.74, 6) is -1.01. The first-order valence-corrected chi connectivity index (χ1v) is 7.48. The first-order valence-electron chi connectivity index (χ1n) is 7.11. The molecular weight excluding hydrogens is 318 g/mol. The number of anilines is 1. The number of H-pyrrole nitrogens is 1. The minimum Gasteiger partial charge on any atom is -0.478 e. The smallest absolute Gasteiger partial charge is 0.328 e. The third kappa shape index (κ3) is 3.60. The van der Waals surface area contributed by atoms with E-state index >= 15 is 0 Å². The van der Waals surface area contributed by atoms with E-state index in [9.17, 15) is 9.59 Å². The van der Waals surface area contributed by atoms with Gasteiger partial charge in [-0.1, -0.05) is 23.7 Å². The van der Waals surface area contributed by atoms with Crippen molar-refractivity contribution in [2.24, 2.45) is 0 Å². The molecule has 2 aromatic rings. The standard InChI is InChI=1S/C16H14ClN3O3/c17-13-14(10-4-5-10)19-20-15(13)16(23)18-11-6-1-9(2-7-11)3-8-12(21)22/h1-3,6-8,10H,4-5H2,(H,18,23)(H,19,20)(H,21,22)/b8-3+. The van der Waals surface area contributed by atoms with Gasteiger partial charge in [0.25, 0.3) is 5.91 Å². The third-order valence-electron chi connectivity index (χ3n) is 3.52. The first-order chi connectivity index (χ1) is 11.0. The zero-order chi connectivity index (χ0) is 16.4. The Kier molecular flexibility index (Phi) is 4.16. The van der Waals surface area contributed by atoms with Gasteiger partial charge >= 0.3 is 5.97 Å². The number of carbonyl (C=O) groups excluding carboxylic acids is 1. The number of halogens is 1. The lowest BCUT2D eigenvalue weighted by Crippen LogP contribution is -2.12. The van der Waals surface area contributed by atoms with Gasteiger partial charge in [-0.15, -0.1) is 0 Å². The summed E-state index contributed by atoms with van der Waals surface area (Å²) in [5.41, 5.74) is 2.31. The van der Waals surface area contributed by atoms with E-state index in [4.69, 9.17) is 16.7 Å². The predicted octanol–water partition coefficient (Wildman–Crippen LogP) is 3.29. The highest BCUT2D eigenvalue weighted by Gasteiger charge is 2.30. The number of hydrogen-bond donors (Lipinski definition) is 3. The van der Waals surface area contributed by atoms with E-state index in [0.717, 1.165) is 30.2 Å². The molecule has 1 aromatic heterocycles. The summed E-state index contributed by atoms with van der Waals surface area (Å²) in [7, 11) is 0. The zero-order valence-electron chi connectivity index (χ0n) is 12.0. The van der Waals surface area contributed by atoms with E-state index in [0.29, 0.717) is 16.6 Å². The second-order valence-corrected chi connectivity index (χ2v) is 5.70. The number of carboxylic acid groups (broad SMARTS) is 1. The van der Waals surface area contributed by atoms with Crippen molar-refractivity contribution >= 4 is 35.2 Å². The van der Waals surface area contributed by atoms with Crippen LogP contribution >= 0.6 is 11.6 Å². The number of nitrogens with one attached hydrogen (secondary N) is 2. The van der Waals surface area contributed by atoms with Crippen LogP contribution in [0.4, 0.5) is 5.69 Å². The molecule has 0 atom stereocenters. The second-order valence-electron chi connectivity index (χ2n) is 5.32. The number of nitrogens with zero attached hydrogens (tertiary/aromatic N) is 1. The van der Waals surface area contributed by atoms with Gasteiger partial charge < -0.3 is 10.4 Å². The normalized spacial score (nSPS) is 14.1. The summed E-state index contributed by atoms with van der Waals surface area (Å²) < 4.78 is 0. The fourth-order valence-electron chi connectivity index (χ4n) is 2.17. The molecule has 1 heterocycles. The van der Waals surface area contributed by atoms with Crippen LogP contribution < -0.4 is 5.32 Å². The Morgan fingerprint density at radius 2 is 2.00 bits per heavy atom. The number of aromatic nitrogens is 2. The molecule has 0 aliphatic heterocycles. The van der Waals surface area contributed by atoms with Crippen molar-refractivity contribution in [1.82, 2.24) is 10.2 Å². The Hall–Kier alpha value is -2.60. The van der Waals surface area contributed by atoms with Gasteiger partial charge in [-0.3, -0.25) is 9.89 Å². The fourth-order valence-corrected chi connectivity index (χ4v) is 2.49. The molecule has 118 valence electrons. The maximum atomic E-state index is 12.2. The predicted molar refractivity (Wildman–Crippen MR) is 86.6 cm³/mol. The van der Waals surface area contributed by atoms with Gasteiger partial charge in [0.15, 0.2) is 5.69 Å². The third-order valence-corrected chi connectivity index (χ3v) is 3.90. The number of rotatable bonds is 5. The van der Waals surface area contributed by atoms with Crippen LogP contribution in [0.15, 0.2) is 30.3 Å². The number of hydrogen-bond acceptors (Lipinski definition) is 3. The molecule has 0 radical (unpaired) electrons. The van der Waals surface area contributed by atoms with Gasteiger partial charge in [-0.25, -0.2) is 4.79 Å². The molecule has 3 rings (SSSR count). The van der Waals surface area contributed by atoms with Gasteiger partial charge in [0.2, 0.25) is 0 Å². The number of carboxylic acids is 1. The monoisotopic (exact) mass is 331 g/mol. The van der Waals surface area contributed by atoms with Crippen molar-refractivity contribution in [2.75, 3.05) is 5.32 Å². The van der Waals surface area contributed by atoms with Crippen LogP contribution in [0.3, 0.4) is 0 Å². The molecule has 1 amide bonds. The van der Waals surface area contributed by atoms with Gasteiger partial charge in [0.05, 0.1) is 10.7 Å². The summed E-state index contributed by atoms with van der Waals surface area (Å²) >= 11 is 6.20. The van der Waals surface area contributed by atoms with Gasteiger partial charge in [-0.2, -0.15) is 5.10 Å². The van der Waals surface area contributed by atoms with Crippen LogP contribution in [0.2, 0.25) is 5.02 Å². The molecule has 0 spiro atoms. The van der Waals surface area contributed by atoms with Crippen LogP contribution in [0.5, 0.6) is 0 Å². The minimum absolute atomic E-state index is 0.184. The molecule has 1 aliphatic rings. The van der Waals surface area contributed by atoms with Crippen LogP contribution in [0, 0.1) is 0 Å². The Morgan fingerprint density at radius 1 is 1.30 bits per heavy atom. The highest BCUT2D eigenvalue weighted by molar-refractivity contribution is 6.34.